The van der Waals surface area contributed by atoms with Gasteiger partial charge in [-0.2, -0.15) is 0 Å². The van der Waals surface area contributed by atoms with Gasteiger partial charge in [-0.05, 0) is 40.5 Å². The van der Waals surface area contributed by atoms with Crippen LogP contribution < -0.4 is 11.1 Å². The van der Waals surface area contributed by atoms with Gasteiger partial charge in [0.05, 0.1) is 11.7 Å². The van der Waals surface area contributed by atoms with Crippen LogP contribution in [0.15, 0.2) is 22.7 Å². The van der Waals surface area contributed by atoms with Crippen molar-refractivity contribution in [1.29, 1.82) is 0 Å². The lowest BCUT2D eigenvalue weighted by Crippen LogP contribution is -2.34. The third kappa shape index (κ3) is 3.28. The summed E-state index contributed by atoms with van der Waals surface area (Å²) in [5, 5.41) is 2.55. The maximum atomic E-state index is 12.9. The molecule has 0 aliphatic rings. The van der Waals surface area contributed by atoms with Crippen LogP contribution in [0.4, 0.5) is 10.1 Å². The molecule has 0 aromatic heterocycles. The fourth-order valence-corrected chi connectivity index (χ4v) is 1.35. The van der Waals surface area contributed by atoms with Gasteiger partial charge in [0.15, 0.2) is 0 Å². The molecule has 82 valence electrons. The van der Waals surface area contributed by atoms with Crippen molar-refractivity contribution in [3.05, 3.63) is 28.5 Å². The van der Waals surface area contributed by atoms with Crippen molar-refractivity contribution < 1.29 is 9.18 Å². The third-order valence-corrected chi connectivity index (χ3v) is 2.65. The molecule has 0 heterocycles. The minimum atomic E-state index is -0.569. The first-order valence-corrected chi connectivity index (χ1v) is 5.35. The molecule has 3 N–H and O–H groups in total. The lowest BCUT2D eigenvalue weighted by molar-refractivity contribution is -0.117. The largest absolute Gasteiger partial charge is 0.324 e. The van der Waals surface area contributed by atoms with E-state index in [4.69, 9.17) is 5.73 Å². The van der Waals surface area contributed by atoms with E-state index in [-0.39, 0.29) is 5.91 Å². The Morgan fingerprint density at radius 2 is 2.33 bits per heavy atom. The number of anilines is 1. The summed E-state index contributed by atoms with van der Waals surface area (Å²) in [7, 11) is 0. The Hall–Kier alpha value is -0.940. The van der Waals surface area contributed by atoms with Gasteiger partial charge < -0.3 is 11.1 Å². The van der Waals surface area contributed by atoms with Crippen LogP contribution in [0, 0.1) is 5.82 Å². The Kier molecular flexibility index (Phi) is 4.23. The van der Waals surface area contributed by atoms with E-state index in [1.165, 1.54) is 18.2 Å². The monoisotopic (exact) mass is 274 g/mol. The van der Waals surface area contributed by atoms with E-state index in [2.05, 4.69) is 21.2 Å². The van der Waals surface area contributed by atoms with Gasteiger partial charge in [-0.15, -0.1) is 0 Å². The molecule has 0 radical (unpaired) electrons. The number of benzene rings is 1. The second kappa shape index (κ2) is 5.23. The van der Waals surface area contributed by atoms with Crippen LogP contribution in [0.5, 0.6) is 0 Å². The second-order valence-corrected chi connectivity index (χ2v) is 3.98. The van der Waals surface area contributed by atoms with Gasteiger partial charge in [-0.3, -0.25) is 4.79 Å². The fraction of sp³-hybridized carbons (Fsp3) is 0.300. The number of hydrogen-bond donors (Lipinski definition) is 2. The van der Waals surface area contributed by atoms with Crippen molar-refractivity contribution in [2.75, 3.05) is 5.32 Å². The number of rotatable bonds is 3. The molecule has 0 fully saturated rings. The van der Waals surface area contributed by atoms with E-state index < -0.39 is 11.9 Å². The van der Waals surface area contributed by atoms with Crippen molar-refractivity contribution in [1.82, 2.24) is 0 Å². The van der Waals surface area contributed by atoms with E-state index >= 15 is 0 Å². The molecule has 0 aliphatic heterocycles. The highest BCUT2D eigenvalue weighted by Gasteiger charge is 2.12. The van der Waals surface area contributed by atoms with Gasteiger partial charge in [0.1, 0.15) is 5.82 Å². The summed E-state index contributed by atoms with van der Waals surface area (Å²) in [5.74, 6) is -0.720. The summed E-state index contributed by atoms with van der Waals surface area (Å²) >= 11 is 3.21. The third-order valence-electron chi connectivity index (χ3n) is 1.96. The van der Waals surface area contributed by atoms with Crippen LogP contribution in [0.25, 0.3) is 0 Å². The second-order valence-electron chi connectivity index (χ2n) is 3.13. The van der Waals surface area contributed by atoms with E-state index in [1.807, 2.05) is 6.92 Å². The molecular weight excluding hydrogens is 263 g/mol. The Labute approximate surface area is 96.0 Å². The van der Waals surface area contributed by atoms with Crippen molar-refractivity contribution in [3.8, 4) is 0 Å². The molecule has 0 aliphatic carbocycles. The summed E-state index contributed by atoms with van der Waals surface area (Å²) in [5.41, 5.74) is 5.92. The van der Waals surface area contributed by atoms with Gasteiger partial charge in [0, 0.05) is 4.47 Å². The summed E-state index contributed by atoms with van der Waals surface area (Å²) < 4.78 is 13.5. The smallest absolute Gasteiger partial charge is 0.241 e. The van der Waals surface area contributed by atoms with E-state index in [1.54, 1.807) is 0 Å². The minimum absolute atomic E-state index is 0.316. The molecule has 1 aromatic carbocycles. The average Bonchev–Trinajstić information content (AvgIpc) is 2.22. The summed E-state index contributed by atoms with van der Waals surface area (Å²) in [6.45, 7) is 1.81. The van der Waals surface area contributed by atoms with Gasteiger partial charge in [-0.1, -0.05) is 6.92 Å². The van der Waals surface area contributed by atoms with Crippen LogP contribution in [-0.2, 0) is 4.79 Å². The average molecular weight is 275 g/mol. The molecule has 1 amide bonds. The van der Waals surface area contributed by atoms with Gasteiger partial charge >= 0.3 is 0 Å². The van der Waals surface area contributed by atoms with Gasteiger partial charge in [0.2, 0.25) is 5.91 Å². The van der Waals surface area contributed by atoms with Gasteiger partial charge in [0.25, 0.3) is 0 Å². The van der Waals surface area contributed by atoms with Crippen molar-refractivity contribution in [2.45, 2.75) is 19.4 Å². The molecule has 5 heteroatoms. The number of nitrogens with one attached hydrogen (secondary N) is 1. The van der Waals surface area contributed by atoms with Crippen LogP contribution in [0.1, 0.15) is 13.3 Å². The fourth-order valence-electron chi connectivity index (χ4n) is 1.00. The summed E-state index contributed by atoms with van der Waals surface area (Å²) in [4.78, 5) is 11.4. The Bertz CT molecular complexity index is 370. The first kappa shape index (κ1) is 12.1. The highest BCUT2D eigenvalue weighted by molar-refractivity contribution is 9.10. The zero-order chi connectivity index (χ0) is 11.4. The van der Waals surface area contributed by atoms with Gasteiger partial charge in [-0.25, -0.2) is 4.39 Å². The standard InChI is InChI=1S/C10H12BrFN2O/c1-2-8(13)10(15)14-9-5-6(12)3-4-7(9)11/h3-5,8H,2,13H2,1H3,(H,14,15)/t8-/m0/s1. The maximum Gasteiger partial charge on any atom is 0.241 e. The van der Waals surface area contributed by atoms with E-state index in [9.17, 15) is 9.18 Å². The van der Waals surface area contributed by atoms with Crippen LogP contribution in [0.2, 0.25) is 0 Å². The Morgan fingerprint density at radius 3 is 2.93 bits per heavy atom. The number of carbonyl (C=O) groups is 1. The first-order valence-electron chi connectivity index (χ1n) is 4.56. The summed E-state index contributed by atoms with van der Waals surface area (Å²) in [6.07, 6.45) is 0.540. The van der Waals surface area contributed by atoms with Crippen LogP contribution in [0.3, 0.4) is 0 Å². The molecule has 1 rings (SSSR count). The Morgan fingerprint density at radius 1 is 1.67 bits per heavy atom. The minimum Gasteiger partial charge on any atom is -0.324 e. The molecule has 0 saturated heterocycles. The highest BCUT2D eigenvalue weighted by atomic mass is 79.9. The number of hydrogen-bond acceptors (Lipinski definition) is 2. The number of carbonyl (C=O) groups excluding carboxylic acids is 1. The topological polar surface area (TPSA) is 55.1 Å². The number of halogens is 2. The predicted molar refractivity (Wildman–Crippen MR) is 61.0 cm³/mol. The quantitative estimate of drug-likeness (QED) is 0.889. The molecule has 0 unspecified atom stereocenters. The van der Waals surface area contributed by atoms with E-state index in [0.29, 0.717) is 16.6 Å². The van der Waals surface area contributed by atoms with E-state index in [0.717, 1.165) is 0 Å². The lowest BCUT2D eigenvalue weighted by Gasteiger charge is -2.11. The van der Waals surface area contributed by atoms with Crippen molar-refractivity contribution >= 4 is 27.5 Å². The molecule has 3 nitrogen and oxygen atoms in total. The maximum absolute atomic E-state index is 12.9. The highest BCUT2D eigenvalue weighted by Crippen LogP contribution is 2.23. The summed E-state index contributed by atoms with van der Waals surface area (Å²) in [6, 6.07) is 3.51. The van der Waals surface area contributed by atoms with Crippen LogP contribution in [-0.4, -0.2) is 11.9 Å². The number of nitrogens with two attached hydrogens (primary N) is 1. The lowest BCUT2D eigenvalue weighted by atomic mass is 10.2. The first-order chi connectivity index (χ1) is 7.04. The molecule has 0 bridgehead atoms. The Balaban J connectivity index is 2.80. The van der Waals surface area contributed by atoms with Crippen molar-refractivity contribution in [3.63, 3.8) is 0 Å². The molecule has 0 spiro atoms. The zero-order valence-corrected chi connectivity index (χ0v) is 9.84. The molecule has 1 atom stereocenters. The SMILES string of the molecule is CC[C@H](N)C(=O)Nc1cc(F)ccc1Br. The molecule has 15 heavy (non-hydrogen) atoms. The predicted octanol–water partition coefficient (Wildman–Crippen LogP) is 2.26. The van der Waals surface area contributed by atoms with Crippen molar-refractivity contribution in [2.24, 2.45) is 5.73 Å². The normalized spacial score (nSPS) is 12.3. The van der Waals surface area contributed by atoms with Crippen LogP contribution >= 0.6 is 15.9 Å². The number of amides is 1. The molecular formula is C10H12BrFN2O. The zero-order valence-electron chi connectivity index (χ0n) is 8.26. The molecule has 1 aromatic rings. The molecule has 0 saturated carbocycles.